The van der Waals surface area contributed by atoms with Gasteiger partial charge in [-0.05, 0) is 24.9 Å². The molecule has 0 heterocycles. The summed E-state index contributed by atoms with van der Waals surface area (Å²) in [5, 5.41) is 7.20. The molecule has 0 radical (unpaired) electrons. The van der Waals surface area contributed by atoms with Crippen LogP contribution >= 0.6 is 0 Å². The molecule has 0 aliphatic heterocycles. The Labute approximate surface area is 193 Å². The van der Waals surface area contributed by atoms with Crippen LogP contribution in [0.5, 0.6) is 0 Å². The van der Waals surface area contributed by atoms with Crippen LogP contribution in [-0.2, 0) is 34.1 Å². The Kier molecular flexibility index (Phi) is 25.9. The van der Waals surface area contributed by atoms with Gasteiger partial charge in [0.2, 0.25) is 6.43 Å². The van der Waals surface area contributed by atoms with Crippen LogP contribution < -0.4 is 0 Å². The maximum absolute atomic E-state index is 11.8. The van der Waals surface area contributed by atoms with Gasteiger partial charge in [0.05, 0.1) is 0 Å². The minimum Gasteiger partial charge on any atom is -0.466 e. The molecule has 0 rings (SSSR count). The van der Waals surface area contributed by atoms with Crippen molar-refractivity contribution in [2.24, 2.45) is 9.98 Å². The molecule has 0 spiro atoms. The van der Waals surface area contributed by atoms with Gasteiger partial charge in [0, 0.05) is 13.1 Å². The fraction of sp³-hybridized carbons (Fsp3) is 0.889. The minimum atomic E-state index is -4.23. The van der Waals surface area contributed by atoms with E-state index in [9.17, 15) is 22.0 Å². The summed E-state index contributed by atoms with van der Waals surface area (Å²) < 4.78 is 59.2. The molecule has 0 atom stereocenters. The molecule has 0 aromatic rings. The van der Waals surface area contributed by atoms with E-state index < -0.39 is 25.7 Å². The summed E-state index contributed by atoms with van der Waals surface area (Å²) >= 11 is 0. The molecule has 0 aromatic heterocycles. The molecule has 0 bridgehead atoms. The van der Waals surface area contributed by atoms with Crippen LogP contribution in [0.25, 0.3) is 10.6 Å². The number of nitrogens with zero attached hydrogens (tertiary/aromatic N) is 4. The quantitative estimate of drug-likeness (QED) is 0.138. The fourth-order valence-electron chi connectivity index (χ4n) is 1.77. The van der Waals surface area contributed by atoms with Gasteiger partial charge in [0.25, 0.3) is 0 Å². The molecule has 0 amide bonds. The van der Waals surface area contributed by atoms with Crippen molar-refractivity contribution in [2.75, 3.05) is 13.1 Å². The zero-order valence-corrected chi connectivity index (χ0v) is 19.6. The van der Waals surface area contributed by atoms with Crippen LogP contribution in [0.2, 0.25) is 0 Å². The second kappa shape index (κ2) is 20.9. The van der Waals surface area contributed by atoms with E-state index in [1.807, 2.05) is 41.5 Å². The Morgan fingerprint density at radius 2 is 1.17 bits per heavy atom. The average Bonchev–Trinajstić information content (AvgIpc) is 2.50. The largest absolute Gasteiger partial charge is 1.00 e. The van der Waals surface area contributed by atoms with E-state index in [0.29, 0.717) is 24.5 Å². The van der Waals surface area contributed by atoms with E-state index in [2.05, 4.69) is 20.6 Å². The SMILES string of the molecule is CCCC(=NC(C)C)[N-]CC(F)(F)F.CCCC(=NC(C)C)[N-]CC(F)F.[Cu+].[Cu+]. The van der Waals surface area contributed by atoms with Crippen LogP contribution in [0.15, 0.2) is 9.98 Å². The van der Waals surface area contributed by atoms with E-state index in [4.69, 9.17) is 0 Å². The monoisotopic (exact) mass is 526 g/mol. The Hall–Kier alpha value is -0.371. The third-order valence-electron chi connectivity index (χ3n) is 2.61. The molecule has 0 unspecified atom stereocenters. The zero-order chi connectivity index (χ0) is 21.5. The molecule has 0 aliphatic carbocycles. The minimum absolute atomic E-state index is 0. The van der Waals surface area contributed by atoms with Crippen LogP contribution in [0.3, 0.4) is 0 Å². The van der Waals surface area contributed by atoms with Crippen LogP contribution in [0.1, 0.15) is 67.2 Å². The molecule has 0 aliphatic rings. The molecular weight excluding hydrogens is 494 g/mol. The Morgan fingerprint density at radius 1 is 0.793 bits per heavy atom. The smallest absolute Gasteiger partial charge is 0.466 e. The molecule has 0 saturated heterocycles. The first-order valence-corrected chi connectivity index (χ1v) is 9.24. The summed E-state index contributed by atoms with van der Waals surface area (Å²) in [4.78, 5) is 8.18. The second-order valence-electron chi connectivity index (χ2n) is 6.44. The van der Waals surface area contributed by atoms with Gasteiger partial charge in [0.1, 0.15) is 0 Å². The molecule has 29 heavy (non-hydrogen) atoms. The van der Waals surface area contributed by atoms with Gasteiger partial charge in [-0.3, -0.25) is 0 Å². The summed E-state index contributed by atoms with van der Waals surface area (Å²) in [6.45, 7) is 9.77. The van der Waals surface area contributed by atoms with Gasteiger partial charge in [0.15, 0.2) is 0 Å². The van der Waals surface area contributed by atoms with Crippen molar-refractivity contribution in [1.29, 1.82) is 0 Å². The van der Waals surface area contributed by atoms with E-state index in [1.54, 1.807) is 0 Å². The summed E-state index contributed by atoms with van der Waals surface area (Å²) in [6.07, 6.45) is -3.76. The van der Waals surface area contributed by atoms with Crippen molar-refractivity contribution in [3.63, 3.8) is 0 Å². The predicted molar refractivity (Wildman–Crippen MR) is 103 cm³/mol. The molecule has 0 N–H and O–H groups in total. The zero-order valence-electron chi connectivity index (χ0n) is 17.8. The first-order valence-electron chi connectivity index (χ1n) is 9.24. The number of alkyl halides is 5. The van der Waals surface area contributed by atoms with Crippen molar-refractivity contribution in [3.8, 4) is 0 Å². The summed E-state index contributed by atoms with van der Waals surface area (Å²) in [5.41, 5.74) is 0. The topological polar surface area (TPSA) is 52.9 Å². The number of rotatable bonds is 9. The first kappa shape index (κ1) is 36.0. The maximum atomic E-state index is 11.8. The molecular formula is C18H33Cu2F5N4. The fourth-order valence-corrected chi connectivity index (χ4v) is 1.77. The van der Waals surface area contributed by atoms with Crippen molar-refractivity contribution in [1.82, 2.24) is 0 Å². The molecule has 0 fully saturated rings. The normalized spacial score (nSPS) is 12.2. The molecule has 182 valence electrons. The van der Waals surface area contributed by atoms with Gasteiger partial charge in [-0.2, -0.15) is 13.2 Å². The van der Waals surface area contributed by atoms with Crippen molar-refractivity contribution in [3.05, 3.63) is 10.6 Å². The summed E-state index contributed by atoms with van der Waals surface area (Å²) in [7, 11) is 0. The van der Waals surface area contributed by atoms with Crippen molar-refractivity contribution < 1.29 is 56.1 Å². The average molecular weight is 528 g/mol. The standard InChI is InChI=1S/C9H16F3N2.C9H17F2N2.2Cu/c1-4-5-8(14-7(2)3)13-6-9(10,11)12;1-4-5-9(13-7(2)3)12-6-8(10)11;;/h7H,4-6H2,1-3H3;7-8H,4-6H2,1-3H3;;/q2*-1;2*+1. The van der Waals surface area contributed by atoms with E-state index in [1.165, 1.54) is 0 Å². The number of aliphatic imine (C=N–C) groups is 2. The number of hydrogen-bond donors (Lipinski definition) is 0. The molecule has 0 saturated carbocycles. The molecule has 11 heteroatoms. The number of halogens is 5. The van der Waals surface area contributed by atoms with Gasteiger partial charge in [-0.15, -0.1) is 0 Å². The van der Waals surface area contributed by atoms with E-state index in [-0.39, 0.29) is 46.2 Å². The molecule has 4 nitrogen and oxygen atoms in total. The van der Waals surface area contributed by atoms with Crippen molar-refractivity contribution in [2.45, 2.75) is 91.9 Å². The molecule has 0 aromatic carbocycles. The summed E-state index contributed by atoms with van der Waals surface area (Å²) in [6, 6.07) is 0.122. The predicted octanol–water partition coefficient (Wildman–Crippen LogP) is 6.76. The van der Waals surface area contributed by atoms with Crippen LogP contribution in [-0.4, -0.2) is 49.4 Å². The second-order valence-corrected chi connectivity index (χ2v) is 6.44. The summed E-state index contributed by atoms with van der Waals surface area (Å²) in [5.74, 6) is 0.887. The third-order valence-corrected chi connectivity index (χ3v) is 2.61. The number of amidine groups is 2. The Bertz CT molecular complexity index is 429. The van der Waals surface area contributed by atoms with Gasteiger partial charge >= 0.3 is 40.3 Å². The van der Waals surface area contributed by atoms with E-state index in [0.717, 1.165) is 12.8 Å². The Balaban J connectivity index is -0.000000202. The van der Waals surface area contributed by atoms with Gasteiger partial charge in [-0.1, -0.05) is 66.1 Å². The van der Waals surface area contributed by atoms with Gasteiger partial charge in [-0.25, -0.2) is 8.78 Å². The number of hydrogen-bond acceptors (Lipinski definition) is 2. The van der Waals surface area contributed by atoms with Crippen molar-refractivity contribution >= 4 is 11.7 Å². The van der Waals surface area contributed by atoms with E-state index >= 15 is 0 Å². The Morgan fingerprint density at radius 3 is 1.45 bits per heavy atom. The van der Waals surface area contributed by atoms with Crippen LogP contribution in [0, 0.1) is 0 Å². The third kappa shape index (κ3) is 29.9. The first-order chi connectivity index (χ1) is 12.4. The van der Waals surface area contributed by atoms with Crippen LogP contribution in [0.4, 0.5) is 22.0 Å². The maximum Gasteiger partial charge on any atom is 1.00 e. The van der Waals surface area contributed by atoms with Gasteiger partial charge < -0.3 is 20.6 Å².